The first kappa shape index (κ1) is 13.6. The molecule has 2 aromatic rings. The van der Waals surface area contributed by atoms with Gasteiger partial charge in [-0.2, -0.15) is 0 Å². The number of nitrogens with one attached hydrogen (secondary N) is 1. The molecule has 0 radical (unpaired) electrons. The Balaban J connectivity index is 2.13. The highest BCUT2D eigenvalue weighted by Crippen LogP contribution is 2.23. The third-order valence-corrected chi connectivity index (χ3v) is 3.14. The van der Waals surface area contributed by atoms with Crippen LogP contribution in [0.4, 0.5) is 0 Å². The van der Waals surface area contributed by atoms with E-state index in [2.05, 4.69) is 16.9 Å². The number of rotatable bonds is 6. The van der Waals surface area contributed by atoms with Gasteiger partial charge < -0.3 is 15.5 Å². The molecule has 0 saturated heterocycles. The van der Waals surface area contributed by atoms with Gasteiger partial charge in [0, 0.05) is 5.92 Å². The molecule has 0 fully saturated rings. The summed E-state index contributed by atoms with van der Waals surface area (Å²) in [5.41, 5.74) is 7.72. The smallest absolute Gasteiger partial charge is 0.119 e. The van der Waals surface area contributed by atoms with E-state index < -0.39 is 0 Å². The Morgan fingerprint density at radius 1 is 1.32 bits per heavy atom. The summed E-state index contributed by atoms with van der Waals surface area (Å²) < 4.78 is 5.43. The molecular weight excluding hydrogens is 238 g/mol. The second kappa shape index (κ2) is 6.38. The van der Waals surface area contributed by atoms with Crippen LogP contribution in [0, 0.1) is 0 Å². The van der Waals surface area contributed by atoms with Crippen LogP contribution >= 0.6 is 0 Å². The Bertz CT molecular complexity index is 504. The van der Waals surface area contributed by atoms with Crippen LogP contribution in [0.25, 0.3) is 11.3 Å². The molecule has 19 heavy (non-hydrogen) atoms. The maximum atomic E-state index is 5.57. The lowest BCUT2D eigenvalue weighted by atomic mass is 10.1. The molecular formula is C15H21N3O. The molecule has 0 aliphatic rings. The molecule has 1 atom stereocenters. The van der Waals surface area contributed by atoms with Crippen LogP contribution in [0.2, 0.25) is 0 Å². The van der Waals surface area contributed by atoms with Crippen LogP contribution in [-0.4, -0.2) is 23.1 Å². The maximum absolute atomic E-state index is 5.57. The molecule has 0 aliphatic heterocycles. The number of nitrogens with zero attached hydrogens (tertiary/aromatic N) is 1. The fourth-order valence-electron chi connectivity index (χ4n) is 2.02. The van der Waals surface area contributed by atoms with Gasteiger partial charge in [0.15, 0.2) is 0 Å². The molecule has 4 nitrogen and oxygen atoms in total. The van der Waals surface area contributed by atoms with Crippen molar-refractivity contribution in [3.63, 3.8) is 0 Å². The molecule has 1 heterocycles. The van der Waals surface area contributed by atoms with Gasteiger partial charge in [-0.25, -0.2) is 4.98 Å². The van der Waals surface area contributed by atoms with Crippen LogP contribution in [0.15, 0.2) is 30.5 Å². The first-order valence-electron chi connectivity index (χ1n) is 6.72. The Labute approximate surface area is 114 Å². The number of ether oxygens (including phenoxy) is 1. The first-order chi connectivity index (χ1) is 9.24. The van der Waals surface area contributed by atoms with E-state index in [9.17, 15) is 0 Å². The summed E-state index contributed by atoms with van der Waals surface area (Å²) in [4.78, 5) is 7.79. The molecule has 1 aromatic heterocycles. The summed E-state index contributed by atoms with van der Waals surface area (Å²) in [6, 6.07) is 8.02. The normalized spacial score (nSPS) is 12.4. The number of imidazole rings is 1. The topological polar surface area (TPSA) is 63.9 Å². The van der Waals surface area contributed by atoms with Gasteiger partial charge in [0.25, 0.3) is 0 Å². The van der Waals surface area contributed by atoms with E-state index in [1.807, 2.05) is 37.4 Å². The summed E-state index contributed by atoms with van der Waals surface area (Å²) in [7, 11) is 0. The Morgan fingerprint density at radius 3 is 2.68 bits per heavy atom. The van der Waals surface area contributed by atoms with Gasteiger partial charge >= 0.3 is 0 Å². The predicted octanol–water partition coefficient (Wildman–Crippen LogP) is 2.93. The number of hydrogen-bond acceptors (Lipinski definition) is 3. The molecule has 1 unspecified atom stereocenters. The second-order valence-corrected chi connectivity index (χ2v) is 4.62. The van der Waals surface area contributed by atoms with Crippen molar-refractivity contribution in [1.29, 1.82) is 0 Å². The van der Waals surface area contributed by atoms with Crippen molar-refractivity contribution in [2.24, 2.45) is 5.73 Å². The maximum Gasteiger partial charge on any atom is 0.119 e. The van der Waals surface area contributed by atoms with Gasteiger partial charge in [0.2, 0.25) is 0 Å². The Morgan fingerprint density at radius 2 is 2.05 bits per heavy atom. The zero-order chi connectivity index (χ0) is 13.7. The summed E-state index contributed by atoms with van der Waals surface area (Å²) in [5.74, 6) is 2.25. The minimum absolute atomic E-state index is 0.362. The van der Waals surface area contributed by atoms with E-state index in [0.29, 0.717) is 19.1 Å². The number of benzene rings is 1. The molecule has 3 N–H and O–H groups in total. The average molecular weight is 259 g/mol. The van der Waals surface area contributed by atoms with Crippen molar-refractivity contribution < 1.29 is 4.74 Å². The Hall–Kier alpha value is -1.81. The molecule has 0 saturated carbocycles. The van der Waals surface area contributed by atoms with E-state index in [1.54, 1.807) is 0 Å². The van der Waals surface area contributed by atoms with Crippen molar-refractivity contribution in [3.05, 3.63) is 36.3 Å². The van der Waals surface area contributed by atoms with Crippen LogP contribution in [0.1, 0.15) is 32.0 Å². The van der Waals surface area contributed by atoms with Crippen molar-refractivity contribution in [2.75, 3.05) is 13.2 Å². The molecule has 102 valence electrons. The van der Waals surface area contributed by atoms with E-state index in [0.717, 1.165) is 29.3 Å². The van der Waals surface area contributed by atoms with Gasteiger partial charge in [0.05, 0.1) is 18.5 Å². The van der Waals surface area contributed by atoms with Crippen LogP contribution in [0.3, 0.4) is 0 Å². The third-order valence-electron chi connectivity index (χ3n) is 3.14. The molecule has 0 amide bonds. The highest BCUT2D eigenvalue weighted by molar-refractivity contribution is 5.59. The lowest BCUT2D eigenvalue weighted by molar-refractivity contribution is 0.340. The van der Waals surface area contributed by atoms with Gasteiger partial charge in [0.1, 0.15) is 11.6 Å². The van der Waals surface area contributed by atoms with Crippen LogP contribution in [0.5, 0.6) is 5.75 Å². The highest BCUT2D eigenvalue weighted by Gasteiger charge is 2.09. The first-order valence-corrected chi connectivity index (χ1v) is 6.72. The number of H-pyrrole nitrogens is 1. The molecule has 0 spiro atoms. The standard InChI is InChI=1S/C15H21N3O/c1-3-19-13-6-4-12(5-7-13)14-10-17-15(18-14)11(2)8-9-16/h4-7,10-11H,3,8-9,16H2,1-2H3,(H,17,18). The average Bonchev–Trinajstić information content (AvgIpc) is 2.90. The van der Waals surface area contributed by atoms with Gasteiger partial charge in [-0.1, -0.05) is 6.92 Å². The summed E-state index contributed by atoms with van der Waals surface area (Å²) >= 11 is 0. The van der Waals surface area contributed by atoms with E-state index in [4.69, 9.17) is 10.5 Å². The van der Waals surface area contributed by atoms with Gasteiger partial charge in [-0.3, -0.25) is 0 Å². The van der Waals surface area contributed by atoms with Crippen molar-refractivity contribution >= 4 is 0 Å². The largest absolute Gasteiger partial charge is 0.494 e. The zero-order valence-electron chi connectivity index (χ0n) is 11.5. The predicted molar refractivity (Wildman–Crippen MR) is 77.3 cm³/mol. The monoisotopic (exact) mass is 259 g/mol. The van der Waals surface area contributed by atoms with E-state index >= 15 is 0 Å². The second-order valence-electron chi connectivity index (χ2n) is 4.62. The zero-order valence-corrected chi connectivity index (χ0v) is 11.5. The van der Waals surface area contributed by atoms with Gasteiger partial charge in [-0.05, 0) is 49.7 Å². The number of hydrogen-bond donors (Lipinski definition) is 2. The summed E-state index contributed by atoms with van der Waals surface area (Å²) in [5, 5.41) is 0. The number of aromatic nitrogens is 2. The summed E-state index contributed by atoms with van der Waals surface area (Å²) in [6.07, 6.45) is 2.81. The van der Waals surface area contributed by atoms with E-state index in [1.165, 1.54) is 0 Å². The summed E-state index contributed by atoms with van der Waals surface area (Å²) in [6.45, 7) is 5.48. The molecule has 4 heteroatoms. The van der Waals surface area contributed by atoms with E-state index in [-0.39, 0.29) is 0 Å². The highest BCUT2D eigenvalue weighted by atomic mass is 16.5. The minimum Gasteiger partial charge on any atom is -0.494 e. The number of aromatic amines is 1. The minimum atomic E-state index is 0.362. The SMILES string of the molecule is CCOc1ccc(-c2cnc(C(C)CCN)[nH]2)cc1. The lowest BCUT2D eigenvalue weighted by Crippen LogP contribution is -2.05. The van der Waals surface area contributed by atoms with Crippen molar-refractivity contribution in [2.45, 2.75) is 26.2 Å². The van der Waals surface area contributed by atoms with Gasteiger partial charge in [-0.15, -0.1) is 0 Å². The molecule has 2 rings (SSSR count). The molecule has 0 bridgehead atoms. The lowest BCUT2D eigenvalue weighted by Gasteiger charge is -2.06. The Kier molecular flexibility index (Phi) is 4.58. The van der Waals surface area contributed by atoms with Crippen molar-refractivity contribution in [1.82, 2.24) is 9.97 Å². The quantitative estimate of drug-likeness (QED) is 0.838. The molecule has 1 aromatic carbocycles. The fraction of sp³-hybridized carbons (Fsp3) is 0.400. The third kappa shape index (κ3) is 3.35. The van der Waals surface area contributed by atoms with Crippen LogP contribution < -0.4 is 10.5 Å². The number of nitrogens with two attached hydrogens (primary N) is 1. The van der Waals surface area contributed by atoms with Crippen molar-refractivity contribution in [3.8, 4) is 17.0 Å². The molecule has 0 aliphatic carbocycles. The van der Waals surface area contributed by atoms with Crippen LogP contribution in [-0.2, 0) is 0 Å². The fourth-order valence-corrected chi connectivity index (χ4v) is 2.02.